The molecule has 3 aromatic rings. The number of carboxylic acid groups (broad SMARTS) is 1. The van der Waals surface area contributed by atoms with E-state index in [1.165, 1.54) is 6.33 Å². The lowest BCUT2D eigenvalue weighted by Crippen LogP contribution is -2.38. The average Bonchev–Trinajstić information content (AvgIpc) is 3.18. The number of benzene rings is 1. The second kappa shape index (κ2) is 8.72. The van der Waals surface area contributed by atoms with E-state index >= 15 is 0 Å². The van der Waals surface area contributed by atoms with Gasteiger partial charge in [0.2, 0.25) is 5.95 Å². The SMILES string of the molecule is O=C(O)[C@@H](Cc1cnc[nH]1)NCc1cnc(NCc2ccccc2)nc1. The minimum Gasteiger partial charge on any atom is -0.480 e. The zero-order valence-electron chi connectivity index (χ0n) is 14.1. The van der Waals surface area contributed by atoms with E-state index in [9.17, 15) is 9.90 Å². The molecule has 0 radical (unpaired) electrons. The van der Waals surface area contributed by atoms with Crippen LogP contribution < -0.4 is 10.6 Å². The molecule has 8 heteroatoms. The summed E-state index contributed by atoms with van der Waals surface area (Å²) in [6, 6.07) is 9.27. The molecule has 0 unspecified atom stereocenters. The van der Waals surface area contributed by atoms with E-state index in [4.69, 9.17) is 0 Å². The molecule has 1 atom stereocenters. The zero-order chi connectivity index (χ0) is 18.2. The maximum absolute atomic E-state index is 11.4. The lowest BCUT2D eigenvalue weighted by atomic mass is 10.1. The summed E-state index contributed by atoms with van der Waals surface area (Å²) in [5, 5.41) is 15.5. The van der Waals surface area contributed by atoms with Crippen molar-refractivity contribution in [2.24, 2.45) is 0 Å². The van der Waals surface area contributed by atoms with Gasteiger partial charge in [0.25, 0.3) is 0 Å². The van der Waals surface area contributed by atoms with Crippen LogP contribution in [0.3, 0.4) is 0 Å². The molecule has 0 amide bonds. The van der Waals surface area contributed by atoms with E-state index in [1.807, 2.05) is 30.3 Å². The van der Waals surface area contributed by atoms with E-state index in [2.05, 4.69) is 30.6 Å². The molecule has 3 rings (SSSR count). The third-order valence-electron chi connectivity index (χ3n) is 3.83. The molecule has 134 valence electrons. The smallest absolute Gasteiger partial charge is 0.321 e. The van der Waals surface area contributed by atoms with Gasteiger partial charge in [-0.1, -0.05) is 30.3 Å². The summed E-state index contributed by atoms with van der Waals surface area (Å²) < 4.78 is 0. The van der Waals surface area contributed by atoms with Crippen molar-refractivity contribution in [2.75, 3.05) is 5.32 Å². The van der Waals surface area contributed by atoms with Crippen LogP contribution in [0.25, 0.3) is 0 Å². The Bertz CT molecular complexity index is 805. The van der Waals surface area contributed by atoms with Gasteiger partial charge in [-0.25, -0.2) is 15.0 Å². The van der Waals surface area contributed by atoms with Gasteiger partial charge >= 0.3 is 5.97 Å². The Balaban J connectivity index is 1.50. The van der Waals surface area contributed by atoms with Crippen molar-refractivity contribution >= 4 is 11.9 Å². The predicted octanol–water partition coefficient (Wildman–Crippen LogP) is 1.60. The Morgan fingerprint density at radius 3 is 2.50 bits per heavy atom. The number of hydrogen-bond donors (Lipinski definition) is 4. The second-order valence-electron chi connectivity index (χ2n) is 5.81. The molecule has 2 heterocycles. The Kier molecular flexibility index (Phi) is 5.89. The molecule has 0 saturated carbocycles. The number of hydrogen-bond acceptors (Lipinski definition) is 6. The molecular weight excluding hydrogens is 332 g/mol. The minimum absolute atomic E-state index is 0.326. The number of nitrogens with zero attached hydrogens (tertiary/aromatic N) is 3. The summed E-state index contributed by atoms with van der Waals surface area (Å²) in [5.74, 6) is -0.383. The fraction of sp³-hybridized carbons (Fsp3) is 0.222. The van der Waals surface area contributed by atoms with E-state index in [1.54, 1.807) is 18.6 Å². The van der Waals surface area contributed by atoms with E-state index in [0.717, 1.165) is 16.8 Å². The molecule has 0 spiro atoms. The topological polar surface area (TPSA) is 116 Å². The molecule has 0 aliphatic heterocycles. The monoisotopic (exact) mass is 352 g/mol. The maximum atomic E-state index is 11.4. The quantitative estimate of drug-likeness (QED) is 0.462. The summed E-state index contributed by atoms with van der Waals surface area (Å²) in [5.41, 5.74) is 2.72. The van der Waals surface area contributed by atoms with Crippen LogP contribution in [0, 0.1) is 0 Å². The standard InChI is InChI=1S/C18H20N6O2/c25-17(26)16(6-15-11-19-12-24-15)20-8-14-9-22-18(23-10-14)21-7-13-4-2-1-3-5-13/h1-5,9-12,16,20H,6-8H2,(H,19,24)(H,25,26)(H,21,22,23)/t16-/m1/s1. The van der Waals surface area contributed by atoms with Gasteiger partial charge in [0.1, 0.15) is 6.04 Å². The normalized spacial score (nSPS) is 11.8. The zero-order valence-corrected chi connectivity index (χ0v) is 14.1. The van der Waals surface area contributed by atoms with E-state index < -0.39 is 12.0 Å². The van der Waals surface area contributed by atoms with Gasteiger partial charge < -0.3 is 15.4 Å². The number of aromatic nitrogens is 4. The third kappa shape index (κ3) is 5.12. The number of aliphatic carboxylic acids is 1. The average molecular weight is 352 g/mol. The van der Waals surface area contributed by atoms with Crippen LogP contribution in [-0.4, -0.2) is 37.1 Å². The second-order valence-corrected chi connectivity index (χ2v) is 5.81. The number of carbonyl (C=O) groups is 1. The number of nitrogens with one attached hydrogen (secondary N) is 3. The van der Waals surface area contributed by atoms with Gasteiger partial charge in [-0.15, -0.1) is 0 Å². The molecule has 4 N–H and O–H groups in total. The molecule has 1 aromatic carbocycles. The first-order valence-corrected chi connectivity index (χ1v) is 8.23. The first-order valence-electron chi connectivity index (χ1n) is 8.23. The van der Waals surface area contributed by atoms with Crippen LogP contribution in [0.15, 0.2) is 55.2 Å². The van der Waals surface area contributed by atoms with E-state index in [-0.39, 0.29) is 0 Å². The number of imidazole rings is 1. The highest BCUT2D eigenvalue weighted by Crippen LogP contribution is 2.05. The van der Waals surface area contributed by atoms with Crippen molar-refractivity contribution in [1.82, 2.24) is 25.3 Å². The fourth-order valence-electron chi connectivity index (χ4n) is 2.42. The Labute approximate surface area is 150 Å². The summed E-state index contributed by atoms with van der Waals surface area (Å²) in [4.78, 5) is 26.7. The maximum Gasteiger partial charge on any atom is 0.321 e. The molecule has 2 aromatic heterocycles. The highest BCUT2D eigenvalue weighted by molar-refractivity contribution is 5.73. The van der Waals surface area contributed by atoms with Crippen LogP contribution in [0.2, 0.25) is 0 Å². The summed E-state index contributed by atoms with van der Waals surface area (Å²) in [6.45, 7) is 1.01. The van der Waals surface area contributed by atoms with Gasteiger partial charge in [0, 0.05) is 49.4 Å². The van der Waals surface area contributed by atoms with Crippen LogP contribution >= 0.6 is 0 Å². The van der Waals surface area contributed by atoms with Crippen molar-refractivity contribution < 1.29 is 9.90 Å². The molecule has 26 heavy (non-hydrogen) atoms. The van der Waals surface area contributed by atoms with Gasteiger partial charge in [-0.2, -0.15) is 0 Å². The molecule has 0 bridgehead atoms. The first-order chi connectivity index (χ1) is 12.7. The van der Waals surface area contributed by atoms with Crippen LogP contribution in [0.5, 0.6) is 0 Å². The Hall–Kier alpha value is -3.26. The van der Waals surface area contributed by atoms with Gasteiger partial charge in [-0.05, 0) is 5.56 Å². The number of anilines is 1. The lowest BCUT2D eigenvalue weighted by Gasteiger charge is -2.13. The van der Waals surface area contributed by atoms with Gasteiger partial charge in [-0.3, -0.25) is 10.1 Å². The third-order valence-corrected chi connectivity index (χ3v) is 3.83. The van der Waals surface area contributed by atoms with Crippen LogP contribution in [0.1, 0.15) is 16.8 Å². The van der Waals surface area contributed by atoms with Crippen molar-refractivity contribution in [1.29, 1.82) is 0 Å². The van der Waals surface area contributed by atoms with Crippen molar-refractivity contribution in [3.63, 3.8) is 0 Å². The van der Waals surface area contributed by atoms with Gasteiger partial charge in [0.15, 0.2) is 0 Å². The predicted molar refractivity (Wildman–Crippen MR) is 96.4 cm³/mol. The van der Waals surface area contributed by atoms with Crippen molar-refractivity contribution in [2.45, 2.75) is 25.6 Å². The number of carboxylic acids is 1. The largest absolute Gasteiger partial charge is 0.480 e. The molecule has 0 aliphatic rings. The van der Waals surface area contributed by atoms with Gasteiger partial charge in [0.05, 0.1) is 6.33 Å². The molecule has 0 fully saturated rings. The molecule has 0 saturated heterocycles. The highest BCUT2D eigenvalue weighted by atomic mass is 16.4. The molecular formula is C18H20N6O2. The first kappa shape index (κ1) is 17.6. The van der Waals surface area contributed by atoms with Crippen LogP contribution in [-0.2, 0) is 24.3 Å². The fourth-order valence-corrected chi connectivity index (χ4v) is 2.42. The number of aromatic amines is 1. The van der Waals surface area contributed by atoms with Crippen LogP contribution in [0.4, 0.5) is 5.95 Å². The Morgan fingerprint density at radius 1 is 1.08 bits per heavy atom. The lowest BCUT2D eigenvalue weighted by molar-refractivity contribution is -0.139. The molecule has 0 aliphatic carbocycles. The molecule has 8 nitrogen and oxygen atoms in total. The van der Waals surface area contributed by atoms with Crippen molar-refractivity contribution in [3.05, 3.63) is 72.1 Å². The Morgan fingerprint density at radius 2 is 1.85 bits per heavy atom. The number of rotatable bonds is 9. The number of H-pyrrole nitrogens is 1. The summed E-state index contributed by atoms with van der Waals surface area (Å²) >= 11 is 0. The van der Waals surface area contributed by atoms with E-state index in [0.29, 0.717) is 25.5 Å². The minimum atomic E-state index is -0.915. The van der Waals surface area contributed by atoms with Crippen molar-refractivity contribution in [3.8, 4) is 0 Å². The highest BCUT2D eigenvalue weighted by Gasteiger charge is 2.18. The summed E-state index contributed by atoms with van der Waals surface area (Å²) in [6.07, 6.45) is 6.84. The summed E-state index contributed by atoms with van der Waals surface area (Å²) in [7, 11) is 0.